The molecule has 0 fully saturated rings. The lowest BCUT2D eigenvalue weighted by Crippen LogP contribution is -2.32. The second-order valence-corrected chi connectivity index (χ2v) is 5.58. The maximum atomic E-state index is 11.7. The van der Waals surface area contributed by atoms with Crippen LogP contribution in [0.15, 0.2) is 42.5 Å². The zero-order chi connectivity index (χ0) is 16.7. The van der Waals surface area contributed by atoms with Crippen LogP contribution in [0.1, 0.15) is 11.1 Å². The number of rotatable bonds is 7. The minimum absolute atomic E-state index is 0.0366. The van der Waals surface area contributed by atoms with E-state index in [4.69, 9.17) is 21.1 Å². The second-order valence-electron chi connectivity index (χ2n) is 5.14. The third-order valence-electron chi connectivity index (χ3n) is 3.42. The molecule has 0 atom stereocenters. The van der Waals surface area contributed by atoms with Crippen molar-refractivity contribution < 1.29 is 14.3 Å². The van der Waals surface area contributed by atoms with Crippen LogP contribution in [0, 0.1) is 13.8 Å². The van der Waals surface area contributed by atoms with Gasteiger partial charge in [-0.05, 0) is 55.3 Å². The third-order valence-corrected chi connectivity index (χ3v) is 3.67. The summed E-state index contributed by atoms with van der Waals surface area (Å²) in [5, 5.41) is 3.38. The standard InChI is InChI=1S/C18H20ClNO3/c1-13-4-3-5-17(14(13)2)22-11-10-20-18(21)12-23-16-8-6-15(19)7-9-16/h3-9H,10-12H2,1-2H3,(H,20,21). The van der Waals surface area contributed by atoms with E-state index < -0.39 is 0 Å². The number of benzene rings is 2. The Balaban J connectivity index is 1.67. The van der Waals surface area contributed by atoms with Crippen LogP contribution in [0.3, 0.4) is 0 Å². The van der Waals surface area contributed by atoms with Gasteiger partial charge in [-0.3, -0.25) is 4.79 Å². The Hall–Kier alpha value is -2.20. The van der Waals surface area contributed by atoms with Gasteiger partial charge >= 0.3 is 0 Å². The summed E-state index contributed by atoms with van der Waals surface area (Å²) in [6.45, 7) is 4.86. The largest absolute Gasteiger partial charge is 0.491 e. The molecule has 0 saturated heterocycles. The molecular weight excluding hydrogens is 314 g/mol. The van der Waals surface area contributed by atoms with Crippen LogP contribution in [-0.4, -0.2) is 25.7 Å². The monoisotopic (exact) mass is 333 g/mol. The fraction of sp³-hybridized carbons (Fsp3) is 0.278. The molecule has 2 rings (SSSR count). The molecule has 0 aliphatic rings. The van der Waals surface area contributed by atoms with Crippen molar-refractivity contribution >= 4 is 17.5 Å². The zero-order valence-electron chi connectivity index (χ0n) is 13.3. The quantitative estimate of drug-likeness (QED) is 0.788. The average Bonchev–Trinajstić information content (AvgIpc) is 2.55. The summed E-state index contributed by atoms with van der Waals surface area (Å²) in [7, 11) is 0. The smallest absolute Gasteiger partial charge is 0.258 e. The molecule has 0 unspecified atom stereocenters. The molecule has 122 valence electrons. The summed E-state index contributed by atoms with van der Waals surface area (Å²) in [6, 6.07) is 12.8. The fourth-order valence-corrected chi connectivity index (χ4v) is 2.09. The summed E-state index contributed by atoms with van der Waals surface area (Å²) >= 11 is 5.78. The van der Waals surface area contributed by atoms with Crippen LogP contribution in [-0.2, 0) is 4.79 Å². The lowest BCUT2D eigenvalue weighted by molar-refractivity contribution is -0.123. The van der Waals surface area contributed by atoms with Crippen LogP contribution >= 0.6 is 11.6 Å². The summed E-state index contributed by atoms with van der Waals surface area (Å²) in [5.74, 6) is 1.26. The van der Waals surface area contributed by atoms with Crippen molar-refractivity contribution in [1.29, 1.82) is 0 Å². The van der Waals surface area contributed by atoms with Gasteiger partial charge in [0.1, 0.15) is 18.1 Å². The number of nitrogens with one attached hydrogen (secondary N) is 1. The molecule has 5 heteroatoms. The molecule has 0 aliphatic carbocycles. The minimum atomic E-state index is -0.190. The summed E-state index contributed by atoms with van der Waals surface area (Å²) in [5.41, 5.74) is 2.30. The van der Waals surface area contributed by atoms with E-state index in [0.717, 1.165) is 11.3 Å². The van der Waals surface area contributed by atoms with Gasteiger partial charge in [-0.15, -0.1) is 0 Å². The molecule has 4 nitrogen and oxygen atoms in total. The highest BCUT2D eigenvalue weighted by Gasteiger charge is 2.04. The first-order valence-corrected chi connectivity index (χ1v) is 7.78. The highest BCUT2D eigenvalue weighted by Crippen LogP contribution is 2.20. The van der Waals surface area contributed by atoms with Crippen molar-refractivity contribution in [1.82, 2.24) is 5.32 Å². The molecule has 0 aliphatic heterocycles. The van der Waals surface area contributed by atoms with Gasteiger partial charge in [0.15, 0.2) is 6.61 Å². The maximum absolute atomic E-state index is 11.7. The van der Waals surface area contributed by atoms with Gasteiger partial charge in [0.2, 0.25) is 0 Å². The molecule has 0 spiro atoms. The topological polar surface area (TPSA) is 47.6 Å². The van der Waals surface area contributed by atoms with Gasteiger partial charge in [-0.2, -0.15) is 0 Å². The highest BCUT2D eigenvalue weighted by atomic mass is 35.5. The van der Waals surface area contributed by atoms with Crippen LogP contribution in [0.2, 0.25) is 5.02 Å². The van der Waals surface area contributed by atoms with Crippen LogP contribution in [0.5, 0.6) is 11.5 Å². The zero-order valence-corrected chi connectivity index (χ0v) is 14.0. The number of ether oxygens (including phenoxy) is 2. The predicted molar refractivity (Wildman–Crippen MR) is 91.4 cm³/mol. The van der Waals surface area contributed by atoms with Gasteiger partial charge < -0.3 is 14.8 Å². The van der Waals surface area contributed by atoms with Gasteiger partial charge in [0.25, 0.3) is 5.91 Å². The molecule has 2 aromatic carbocycles. The number of amides is 1. The van der Waals surface area contributed by atoms with Crippen molar-refractivity contribution in [3.05, 3.63) is 58.6 Å². The predicted octanol–water partition coefficient (Wildman–Crippen LogP) is 3.53. The lowest BCUT2D eigenvalue weighted by Gasteiger charge is -2.11. The molecule has 1 N–H and O–H groups in total. The SMILES string of the molecule is Cc1cccc(OCCNC(=O)COc2ccc(Cl)cc2)c1C. The van der Waals surface area contributed by atoms with Gasteiger partial charge in [-0.1, -0.05) is 23.7 Å². The first-order chi connectivity index (χ1) is 11.1. The van der Waals surface area contributed by atoms with E-state index in [1.54, 1.807) is 24.3 Å². The Morgan fingerprint density at radius 1 is 1.09 bits per heavy atom. The Bertz CT molecular complexity index is 656. The van der Waals surface area contributed by atoms with Crippen molar-refractivity contribution in [2.75, 3.05) is 19.8 Å². The molecular formula is C18H20ClNO3. The number of carbonyl (C=O) groups excluding carboxylic acids is 1. The Morgan fingerprint density at radius 3 is 2.57 bits per heavy atom. The molecule has 23 heavy (non-hydrogen) atoms. The van der Waals surface area contributed by atoms with Crippen molar-refractivity contribution in [3.8, 4) is 11.5 Å². The molecule has 0 radical (unpaired) electrons. The van der Waals surface area contributed by atoms with Crippen LogP contribution in [0.4, 0.5) is 0 Å². The number of hydrogen-bond acceptors (Lipinski definition) is 3. The van der Waals surface area contributed by atoms with E-state index in [9.17, 15) is 4.79 Å². The van der Waals surface area contributed by atoms with Crippen molar-refractivity contribution in [2.45, 2.75) is 13.8 Å². The molecule has 0 heterocycles. The lowest BCUT2D eigenvalue weighted by atomic mass is 10.1. The van der Waals surface area contributed by atoms with Gasteiger partial charge in [-0.25, -0.2) is 0 Å². The van der Waals surface area contributed by atoms with E-state index in [1.165, 1.54) is 5.56 Å². The Morgan fingerprint density at radius 2 is 1.83 bits per heavy atom. The fourth-order valence-electron chi connectivity index (χ4n) is 1.96. The highest BCUT2D eigenvalue weighted by molar-refractivity contribution is 6.30. The second kappa shape index (κ2) is 8.44. The van der Waals surface area contributed by atoms with E-state index in [2.05, 4.69) is 5.32 Å². The van der Waals surface area contributed by atoms with Crippen LogP contribution < -0.4 is 14.8 Å². The number of aryl methyl sites for hydroxylation is 1. The molecule has 0 saturated carbocycles. The van der Waals surface area contributed by atoms with E-state index in [-0.39, 0.29) is 12.5 Å². The first-order valence-electron chi connectivity index (χ1n) is 7.40. The molecule has 1 amide bonds. The normalized spacial score (nSPS) is 10.2. The Kier molecular flexibility index (Phi) is 6.29. The van der Waals surface area contributed by atoms with Crippen molar-refractivity contribution in [3.63, 3.8) is 0 Å². The summed E-state index contributed by atoms with van der Waals surface area (Å²) in [6.07, 6.45) is 0. The summed E-state index contributed by atoms with van der Waals surface area (Å²) in [4.78, 5) is 11.7. The maximum Gasteiger partial charge on any atom is 0.258 e. The Labute approximate surface area is 141 Å². The van der Waals surface area contributed by atoms with E-state index in [1.807, 2.05) is 32.0 Å². The van der Waals surface area contributed by atoms with Gasteiger partial charge in [0, 0.05) is 5.02 Å². The van der Waals surface area contributed by atoms with Gasteiger partial charge in [0.05, 0.1) is 6.54 Å². The molecule has 0 aromatic heterocycles. The first kappa shape index (κ1) is 17.2. The van der Waals surface area contributed by atoms with Crippen molar-refractivity contribution in [2.24, 2.45) is 0 Å². The number of carbonyl (C=O) groups is 1. The molecule has 0 bridgehead atoms. The molecule has 2 aromatic rings. The third kappa shape index (κ3) is 5.49. The average molecular weight is 334 g/mol. The minimum Gasteiger partial charge on any atom is -0.491 e. The van der Waals surface area contributed by atoms with Crippen LogP contribution in [0.25, 0.3) is 0 Å². The summed E-state index contributed by atoms with van der Waals surface area (Å²) < 4.78 is 11.0. The van der Waals surface area contributed by atoms with E-state index in [0.29, 0.717) is 23.9 Å². The van der Waals surface area contributed by atoms with E-state index >= 15 is 0 Å². The number of hydrogen-bond donors (Lipinski definition) is 1. The number of halogens is 1.